The minimum absolute atomic E-state index is 0.786. The van der Waals surface area contributed by atoms with Crippen molar-refractivity contribution < 1.29 is 0 Å². The second-order valence-corrected chi connectivity index (χ2v) is 12.2. The Morgan fingerprint density at radius 2 is 1.09 bits per heavy atom. The van der Waals surface area contributed by atoms with Crippen molar-refractivity contribution in [1.29, 1.82) is 0 Å². The molecule has 1 aromatic heterocycles. The number of pyridine rings is 1. The summed E-state index contributed by atoms with van der Waals surface area (Å²) in [6.45, 7) is 0. The molecule has 0 N–H and O–H groups in total. The zero-order chi connectivity index (χ0) is 31.2. The van der Waals surface area contributed by atoms with Gasteiger partial charge in [0.1, 0.15) is 0 Å². The van der Waals surface area contributed by atoms with Crippen molar-refractivity contribution in [2.45, 2.75) is 6.42 Å². The summed E-state index contributed by atoms with van der Waals surface area (Å²) in [7, 11) is 0. The number of aliphatic imine (C=N–C) groups is 1. The normalized spacial score (nSPS) is 12.3. The number of nitrogens with zero attached hydrogens (tertiary/aromatic N) is 2. The largest absolute Gasteiger partial charge is 0.264 e. The van der Waals surface area contributed by atoms with Gasteiger partial charge in [-0.25, -0.2) is 0 Å². The first-order chi connectivity index (χ1) is 23.3. The van der Waals surface area contributed by atoms with Gasteiger partial charge in [-0.1, -0.05) is 127 Å². The summed E-state index contributed by atoms with van der Waals surface area (Å²) in [5, 5.41) is 5.06. The van der Waals surface area contributed by atoms with Gasteiger partial charge in [0.15, 0.2) is 0 Å². The van der Waals surface area contributed by atoms with Gasteiger partial charge in [-0.15, -0.1) is 0 Å². The van der Waals surface area contributed by atoms with E-state index < -0.39 is 0 Å². The summed E-state index contributed by atoms with van der Waals surface area (Å²) in [4.78, 5) is 9.73. The predicted octanol–water partition coefficient (Wildman–Crippen LogP) is 11.7. The van der Waals surface area contributed by atoms with Crippen LogP contribution in [0, 0.1) is 0 Å². The second-order valence-electron chi connectivity index (χ2n) is 12.2. The first-order valence-electron chi connectivity index (χ1n) is 16.1. The van der Waals surface area contributed by atoms with E-state index in [0.29, 0.717) is 0 Å². The molecule has 220 valence electrons. The van der Waals surface area contributed by atoms with Crippen LogP contribution in [0.2, 0.25) is 0 Å². The highest BCUT2D eigenvalue weighted by Crippen LogP contribution is 2.44. The van der Waals surface area contributed by atoms with Gasteiger partial charge in [0, 0.05) is 29.9 Å². The Balaban J connectivity index is 1.21. The first-order valence-corrected chi connectivity index (χ1v) is 16.1. The molecule has 2 nitrogen and oxygen atoms in total. The van der Waals surface area contributed by atoms with Crippen LogP contribution < -0.4 is 0 Å². The van der Waals surface area contributed by atoms with E-state index in [4.69, 9.17) is 4.99 Å². The Morgan fingerprint density at radius 1 is 0.404 bits per heavy atom. The van der Waals surface area contributed by atoms with E-state index in [1.165, 1.54) is 49.4 Å². The predicted molar refractivity (Wildman–Crippen MR) is 197 cm³/mol. The van der Waals surface area contributed by atoms with Crippen LogP contribution in [0.1, 0.15) is 11.1 Å². The molecule has 0 fully saturated rings. The van der Waals surface area contributed by atoms with Crippen LogP contribution in [0.15, 0.2) is 175 Å². The summed E-state index contributed by atoms with van der Waals surface area (Å²) in [5.41, 5.74) is 14.0. The Kier molecular flexibility index (Phi) is 6.57. The molecular weight excluding hydrogens is 569 g/mol. The summed E-state index contributed by atoms with van der Waals surface area (Å²) in [5.74, 6) is 0. The number of hydrogen-bond acceptors (Lipinski definition) is 2. The third kappa shape index (κ3) is 4.92. The minimum atomic E-state index is 0.786. The van der Waals surface area contributed by atoms with Crippen molar-refractivity contribution in [2.24, 2.45) is 4.99 Å². The third-order valence-corrected chi connectivity index (χ3v) is 9.37. The van der Waals surface area contributed by atoms with Crippen LogP contribution in [-0.4, -0.2) is 10.7 Å². The molecule has 0 aliphatic carbocycles. The molecule has 9 rings (SSSR count). The lowest BCUT2D eigenvalue weighted by Crippen LogP contribution is -2.00. The lowest BCUT2D eigenvalue weighted by atomic mass is 9.89. The highest BCUT2D eigenvalue weighted by Gasteiger charge is 2.23. The molecule has 0 saturated heterocycles. The maximum absolute atomic E-state index is 5.35. The van der Waals surface area contributed by atoms with E-state index in [0.717, 1.165) is 45.6 Å². The molecule has 0 atom stereocenters. The minimum Gasteiger partial charge on any atom is -0.264 e. The number of hydrogen-bond donors (Lipinski definition) is 0. The fraction of sp³-hybridized carbons (Fsp3) is 0.0222. The van der Waals surface area contributed by atoms with Gasteiger partial charge in [0.2, 0.25) is 0 Å². The van der Waals surface area contributed by atoms with E-state index in [-0.39, 0.29) is 0 Å². The zero-order valence-corrected chi connectivity index (χ0v) is 25.8. The molecule has 0 spiro atoms. The average Bonchev–Trinajstić information content (AvgIpc) is 3.59. The van der Waals surface area contributed by atoms with Crippen molar-refractivity contribution in [3.05, 3.63) is 181 Å². The maximum Gasteiger partial charge on any atom is 0.0748 e. The fourth-order valence-electron chi connectivity index (χ4n) is 7.04. The van der Waals surface area contributed by atoms with Crippen molar-refractivity contribution in [1.82, 2.24) is 4.98 Å². The Morgan fingerprint density at radius 3 is 1.91 bits per heavy atom. The van der Waals surface area contributed by atoms with Crippen molar-refractivity contribution >= 4 is 32.9 Å². The van der Waals surface area contributed by atoms with Gasteiger partial charge in [0.05, 0.1) is 11.4 Å². The van der Waals surface area contributed by atoms with Crippen LogP contribution >= 0.6 is 0 Å². The van der Waals surface area contributed by atoms with Crippen LogP contribution in [0.3, 0.4) is 0 Å². The molecule has 0 saturated carbocycles. The second kappa shape index (κ2) is 11.3. The number of aromatic nitrogens is 1. The lowest BCUT2D eigenvalue weighted by molar-refractivity contribution is 1.33. The van der Waals surface area contributed by atoms with E-state index in [1.807, 2.05) is 18.5 Å². The molecule has 1 aliphatic rings. The van der Waals surface area contributed by atoms with Gasteiger partial charge >= 0.3 is 0 Å². The summed E-state index contributed by atoms with van der Waals surface area (Å²) in [6, 6.07) is 56.8. The molecule has 2 heterocycles. The summed E-state index contributed by atoms with van der Waals surface area (Å²) >= 11 is 0. The Labute approximate surface area is 274 Å². The standard InChI is InChI=1S/C45H30N2/c1-2-10-30(11-3-1)31-19-21-32(22-20-31)44-28-38-25-37(42-26-35-12-4-5-16-39(35)40-17-6-7-18-41(40)42)27-43(45(38)47-44)34-14-8-13-33(24-34)36-15-9-23-46-29-36/h1-27,29H,28H2. The van der Waals surface area contributed by atoms with Crippen LogP contribution in [-0.2, 0) is 6.42 Å². The van der Waals surface area contributed by atoms with Crippen LogP contribution in [0.4, 0.5) is 5.69 Å². The van der Waals surface area contributed by atoms with Crippen molar-refractivity contribution in [3.8, 4) is 44.5 Å². The SMILES string of the molecule is c1ccc(-c2ccc(C3=Nc4c(cc(-c5cc6ccccc6c6ccccc56)cc4-c4cccc(-c5cccnc5)c4)C3)cc2)cc1. The maximum atomic E-state index is 5.35. The monoisotopic (exact) mass is 598 g/mol. The summed E-state index contributed by atoms with van der Waals surface area (Å²) < 4.78 is 0. The average molecular weight is 599 g/mol. The molecular formula is C45H30N2. The van der Waals surface area contributed by atoms with Gasteiger partial charge in [-0.3, -0.25) is 9.98 Å². The third-order valence-electron chi connectivity index (χ3n) is 9.37. The fourth-order valence-corrected chi connectivity index (χ4v) is 7.04. The number of fused-ring (bicyclic) bond motifs is 4. The topological polar surface area (TPSA) is 25.2 Å². The van der Waals surface area contributed by atoms with Gasteiger partial charge in [-0.05, 0) is 96.4 Å². The smallest absolute Gasteiger partial charge is 0.0748 e. The van der Waals surface area contributed by atoms with E-state index in [9.17, 15) is 0 Å². The first kappa shape index (κ1) is 27.2. The molecule has 7 aromatic carbocycles. The van der Waals surface area contributed by atoms with Gasteiger partial charge < -0.3 is 0 Å². The highest BCUT2D eigenvalue weighted by atomic mass is 14.8. The molecule has 47 heavy (non-hydrogen) atoms. The molecule has 2 heteroatoms. The van der Waals surface area contributed by atoms with Gasteiger partial charge in [-0.2, -0.15) is 0 Å². The molecule has 0 amide bonds. The van der Waals surface area contributed by atoms with E-state index >= 15 is 0 Å². The van der Waals surface area contributed by atoms with E-state index in [2.05, 4.69) is 157 Å². The lowest BCUT2D eigenvalue weighted by Gasteiger charge is -2.15. The Bertz CT molecular complexity index is 2460. The van der Waals surface area contributed by atoms with Crippen LogP contribution in [0.5, 0.6) is 0 Å². The number of benzene rings is 7. The van der Waals surface area contributed by atoms with Crippen molar-refractivity contribution in [2.75, 3.05) is 0 Å². The summed E-state index contributed by atoms with van der Waals surface area (Å²) in [6.07, 6.45) is 4.53. The molecule has 0 radical (unpaired) electrons. The molecule has 1 aliphatic heterocycles. The van der Waals surface area contributed by atoms with Gasteiger partial charge in [0.25, 0.3) is 0 Å². The Hall–Kier alpha value is -6.12. The van der Waals surface area contributed by atoms with Crippen LogP contribution in [0.25, 0.3) is 66.1 Å². The molecule has 0 unspecified atom stereocenters. The van der Waals surface area contributed by atoms with E-state index in [1.54, 1.807) is 0 Å². The molecule has 8 aromatic rings. The van der Waals surface area contributed by atoms with Crippen molar-refractivity contribution in [3.63, 3.8) is 0 Å². The zero-order valence-electron chi connectivity index (χ0n) is 25.8. The quantitative estimate of drug-likeness (QED) is 0.181. The molecule has 0 bridgehead atoms. The highest BCUT2D eigenvalue weighted by molar-refractivity contribution is 6.15. The number of rotatable bonds is 5.